The number of halogens is 1. The fourth-order valence-electron chi connectivity index (χ4n) is 2.88. The smallest absolute Gasteiger partial charge is 0.249 e. The minimum atomic E-state index is -1.13. The lowest BCUT2D eigenvalue weighted by molar-refractivity contribution is -0.134. The first kappa shape index (κ1) is 21.4. The van der Waals surface area contributed by atoms with Crippen LogP contribution in [0.5, 0.6) is 5.75 Å². The molecule has 4 N–H and O–H groups in total. The first-order valence-electron chi connectivity index (χ1n) is 9.62. The van der Waals surface area contributed by atoms with Gasteiger partial charge in [0.1, 0.15) is 23.5 Å². The monoisotopic (exact) mass is 412 g/mol. The lowest BCUT2D eigenvalue weighted by Crippen LogP contribution is -2.43. The van der Waals surface area contributed by atoms with Gasteiger partial charge in [-0.1, -0.05) is 32.9 Å². The van der Waals surface area contributed by atoms with E-state index in [1.165, 1.54) is 18.2 Å². The van der Waals surface area contributed by atoms with Crippen LogP contribution in [0.1, 0.15) is 20.8 Å². The number of carbonyl (C=O) groups excluding carboxylic acids is 1. The number of phenolic OH excluding ortho intramolecular Hbond substituents is 1. The van der Waals surface area contributed by atoms with Crippen LogP contribution < -0.4 is 10.6 Å². The van der Waals surface area contributed by atoms with Crippen molar-refractivity contribution >= 4 is 22.6 Å². The molecule has 0 aliphatic rings. The molecule has 0 saturated carbocycles. The van der Waals surface area contributed by atoms with E-state index in [2.05, 4.69) is 20.6 Å². The third-order valence-electron chi connectivity index (χ3n) is 4.59. The molecule has 0 saturated heterocycles. The van der Waals surface area contributed by atoms with Crippen molar-refractivity contribution in [3.63, 3.8) is 0 Å². The normalized spacial score (nSPS) is 12.6. The molecule has 8 heteroatoms. The Bertz CT molecular complexity index is 1070. The van der Waals surface area contributed by atoms with Crippen molar-refractivity contribution in [2.24, 2.45) is 5.41 Å². The third-order valence-corrected chi connectivity index (χ3v) is 4.59. The molecule has 0 aliphatic carbocycles. The number of para-hydroxylation sites is 1. The molecule has 7 nitrogen and oxygen atoms in total. The van der Waals surface area contributed by atoms with Crippen molar-refractivity contribution in [3.8, 4) is 17.1 Å². The standard InChI is InChI=1S/C22H25FN4O3/c1-22(2,3)18(29)21(30)25-11-10-24-19-15-12-13(23)8-9-16(15)26-20(27-19)14-6-4-5-7-17(14)28/h4-9,12,18,28-29H,10-11H2,1-3H3,(H,25,30)(H,24,26,27)/t18-/m0/s1. The minimum absolute atomic E-state index is 0.0355. The second kappa shape index (κ2) is 8.62. The van der Waals surface area contributed by atoms with Crippen molar-refractivity contribution in [2.45, 2.75) is 26.9 Å². The van der Waals surface area contributed by atoms with Gasteiger partial charge in [0.05, 0.1) is 11.1 Å². The Morgan fingerprint density at radius 1 is 1.13 bits per heavy atom. The summed E-state index contributed by atoms with van der Waals surface area (Å²) in [6.07, 6.45) is -1.13. The number of hydrogen-bond donors (Lipinski definition) is 4. The predicted octanol–water partition coefficient (Wildman–Crippen LogP) is 3.08. The van der Waals surface area contributed by atoms with Crippen LogP contribution in [-0.4, -0.2) is 45.3 Å². The molecule has 0 unspecified atom stereocenters. The number of phenols is 1. The summed E-state index contributed by atoms with van der Waals surface area (Å²) in [6, 6.07) is 10.9. The van der Waals surface area contributed by atoms with Crippen molar-refractivity contribution < 1.29 is 19.4 Å². The number of benzene rings is 2. The number of rotatable bonds is 6. The number of hydrogen-bond acceptors (Lipinski definition) is 6. The largest absolute Gasteiger partial charge is 0.507 e. The van der Waals surface area contributed by atoms with Crippen LogP contribution in [-0.2, 0) is 4.79 Å². The summed E-state index contributed by atoms with van der Waals surface area (Å²) < 4.78 is 13.8. The molecule has 30 heavy (non-hydrogen) atoms. The van der Waals surface area contributed by atoms with Crippen molar-refractivity contribution in [1.82, 2.24) is 15.3 Å². The number of nitrogens with zero attached hydrogens (tertiary/aromatic N) is 2. The Labute approximate surface area is 174 Å². The van der Waals surface area contributed by atoms with Crippen molar-refractivity contribution in [1.29, 1.82) is 0 Å². The summed E-state index contributed by atoms with van der Waals surface area (Å²) in [4.78, 5) is 20.9. The van der Waals surface area contributed by atoms with E-state index in [4.69, 9.17) is 0 Å². The highest BCUT2D eigenvalue weighted by atomic mass is 19.1. The summed E-state index contributed by atoms with van der Waals surface area (Å²) in [6.45, 7) is 5.86. The number of aliphatic hydroxyl groups is 1. The number of anilines is 1. The number of nitrogens with one attached hydrogen (secondary N) is 2. The quantitative estimate of drug-likeness (QED) is 0.464. The van der Waals surface area contributed by atoms with Crippen LogP contribution in [0.15, 0.2) is 42.5 Å². The van der Waals surface area contributed by atoms with Crippen LogP contribution in [0.2, 0.25) is 0 Å². The van der Waals surface area contributed by atoms with E-state index in [-0.39, 0.29) is 12.3 Å². The number of aromatic hydroxyl groups is 1. The summed E-state index contributed by atoms with van der Waals surface area (Å²) in [5.74, 6) is -0.178. The van der Waals surface area contributed by atoms with Gasteiger partial charge in [0.2, 0.25) is 5.91 Å². The molecular weight excluding hydrogens is 387 g/mol. The van der Waals surface area contributed by atoms with E-state index in [1.54, 1.807) is 45.0 Å². The van der Waals surface area contributed by atoms with Gasteiger partial charge in [-0.3, -0.25) is 4.79 Å². The van der Waals surface area contributed by atoms with Gasteiger partial charge < -0.3 is 20.8 Å². The molecule has 0 fully saturated rings. The highest BCUT2D eigenvalue weighted by molar-refractivity contribution is 5.91. The van der Waals surface area contributed by atoms with Gasteiger partial charge >= 0.3 is 0 Å². The zero-order valence-electron chi connectivity index (χ0n) is 17.1. The SMILES string of the molecule is CC(C)(C)[C@@H](O)C(=O)NCCNc1nc(-c2ccccc2O)nc2ccc(F)cc12. The molecule has 3 aromatic rings. The summed E-state index contributed by atoms with van der Waals surface area (Å²) in [5.41, 5.74) is 0.400. The first-order valence-corrected chi connectivity index (χ1v) is 9.62. The second-order valence-electron chi connectivity index (χ2n) is 8.06. The first-order chi connectivity index (χ1) is 14.2. The molecule has 2 aromatic carbocycles. The number of carbonyl (C=O) groups is 1. The summed E-state index contributed by atoms with van der Waals surface area (Å²) in [5, 5.41) is 26.4. The molecule has 0 radical (unpaired) electrons. The Morgan fingerprint density at radius 2 is 1.87 bits per heavy atom. The Hall–Kier alpha value is -3.26. The fourth-order valence-corrected chi connectivity index (χ4v) is 2.88. The number of amides is 1. The van der Waals surface area contributed by atoms with E-state index in [0.29, 0.717) is 34.7 Å². The molecule has 158 valence electrons. The van der Waals surface area contributed by atoms with E-state index >= 15 is 0 Å². The lowest BCUT2D eigenvalue weighted by atomic mass is 9.89. The summed E-state index contributed by atoms with van der Waals surface area (Å²) >= 11 is 0. The number of aromatic nitrogens is 2. The van der Waals surface area contributed by atoms with Gasteiger partial charge in [-0.25, -0.2) is 14.4 Å². The van der Waals surface area contributed by atoms with Crippen molar-refractivity contribution in [3.05, 3.63) is 48.3 Å². The number of aliphatic hydroxyl groups excluding tert-OH is 1. The third kappa shape index (κ3) is 4.83. The highest BCUT2D eigenvalue weighted by Gasteiger charge is 2.28. The fraction of sp³-hybridized carbons (Fsp3) is 0.318. The van der Waals surface area contributed by atoms with E-state index in [0.717, 1.165) is 0 Å². The molecule has 1 heterocycles. The van der Waals surface area contributed by atoms with Gasteiger partial charge in [0.25, 0.3) is 0 Å². The van der Waals surface area contributed by atoms with Crippen LogP contribution in [0.3, 0.4) is 0 Å². The Balaban J connectivity index is 1.81. The maximum atomic E-state index is 13.8. The average molecular weight is 412 g/mol. The van der Waals surface area contributed by atoms with Crippen molar-refractivity contribution in [2.75, 3.05) is 18.4 Å². The Morgan fingerprint density at radius 3 is 2.57 bits per heavy atom. The van der Waals surface area contributed by atoms with Gasteiger partial charge in [0.15, 0.2) is 5.82 Å². The van der Waals surface area contributed by atoms with Gasteiger partial charge in [0, 0.05) is 18.5 Å². The second-order valence-corrected chi connectivity index (χ2v) is 8.06. The predicted molar refractivity (Wildman–Crippen MR) is 114 cm³/mol. The zero-order chi connectivity index (χ0) is 21.9. The highest BCUT2D eigenvalue weighted by Crippen LogP contribution is 2.30. The molecule has 1 amide bonds. The van der Waals surface area contributed by atoms with Gasteiger partial charge in [-0.15, -0.1) is 0 Å². The lowest BCUT2D eigenvalue weighted by Gasteiger charge is -2.24. The molecule has 0 spiro atoms. The minimum Gasteiger partial charge on any atom is -0.507 e. The topological polar surface area (TPSA) is 107 Å². The van der Waals surface area contributed by atoms with E-state index < -0.39 is 23.2 Å². The Kier molecular flexibility index (Phi) is 6.17. The average Bonchev–Trinajstić information content (AvgIpc) is 2.70. The zero-order valence-corrected chi connectivity index (χ0v) is 17.1. The van der Waals surface area contributed by atoms with Crippen LogP contribution in [0.4, 0.5) is 10.2 Å². The maximum absolute atomic E-state index is 13.8. The molecule has 1 atom stereocenters. The molecular formula is C22H25FN4O3. The van der Waals surface area contributed by atoms with Gasteiger partial charge in [-0.2, -0.15) is 0 Å². The van der Waals surface area contributed by atoms with Crippen LogP contribution >= 0.6 is 0 Å². The number of fused-ring (bicyclic) bond motifs is 1. The van der Waals surface area contributed by atoms with E-state index in [1.807, 2.05) is 0 Å². The summed E-state index contributed by atoms with van der Waals surface area (Å²) in [7, 11) is 0. The van der Waals surface area contributed by atoms with Crippen LogP contribution in [0.25, 0.3) is 22.3 Å². The van der Waals surface area contributed by atoms with Gasteiger partial charge in [-0.05, 0) is 35.7 Å². The molecule has 1 aromatic heterocycles. The maximum Gasteiger partial charge on any atom is 0.249 e. The molecule has 0 bridgehead atoms. The van der Waals surface area contributed by atoms with Crippen LogP contribution in [0, 0.1) is 11.2 Å². The van der Waals surface area contributed by atoms with E-state index in [9.17, 15) is 19.4 Å². The molecule has 3 rings (SSSR count). The molecule has 0 aliphatic heterocycles.